The SMILES string of the molecule is Cc1noc(C)c1CN[C@H](CO)C(C)C. The second-order valence-corrected chi connectivity index (χ2v) is 4.22. The minimum absolute atomic E-state index is 0.124. The number of aliphatic hydroxyl groups is 1. The van der Waals surface area contributed by atoms with Gasteiger partial charge in [0.2, 0.25) is 0 Å². The number of aryl methyl sites for hydroxylation is 2. The molecule has 0 aliphatic carbocycles. The van der Waals surface area contributed by atoms with Crippen molar-refractivity contribution in [2.24, 2.45) is 5.92 Å². The highest BCUT2D eigenvalue weighted by molar-refractivity contribution is 5.20. The van der Waals surface area contributed by atoms with Crippen LogP contribution < -0.4 is 5.32 Å². The minimum Gasteiger partial charge on any atom is -0.395 e. The first-order valence-electron chi connectivity index (χ1n) is 5.32. The van der Waals surface area contributed by atoms with Gasteiger partial charge in [0, 0.05) is 18.2 Å². The lowest BCUT2D eigenvalue weighted by Gasteiger charge is -2.19. The number of aliphatic hydroxyl groups excluding tert-OH is 1. The molecule has 0 unspecified atom stereocenters. The zero-order valence-electron chi connectivity index (χ0n) is 9.87. The lowest BCUT2D eigenvalue weighted by molar-refractivity contribution is 0.210. The van der Waals surface area contributed by atoms with Crippen LogP contribution in [0, 0.1) is 19.8 Å². The monoisotopic (exact) mass is 212 g/mol. The van der Waals surface area contributed by atoms with Crippen molar-refractivity contribution < 1.29 is 9.63 Å². The van der Waals surface area contributed by atoms with Gasteiger partial charge < -0.3 is 14.9 Å². The standard InChI is InChI=1S/C11H20N2O2/c1-7(2)11(6-14)12-5-10-8(3)13-15-9(10)4/h7,11-12,14H,5-6H2,1-4H3/t11-/m1/s1. The van der Waals surface area contributed by atoms with Crippen molar-refractivity contribution in [2.45, 2.75) is 40.3 Å². The van der Waals surface area contributed by atoms with Gasteiger partial charge in [0.15, 0.2) is 0 Å². The molecule has 0 saturated carbocycles. The molecule has 15 heavy (non-hydrogen) atoms. The van der Waals surface area contributed by atoms with E-state index in [0.717, 1.165) is 17.0 Å². The Hall–Kier alpha value is -0.870. The summed E-state index contributed by atoms with van der Waals surface area (Å²) in [6.07, 6.45) is 0. The van der Waals surface area contributed by atoms with Crippen LogP contribution in [0.4, 0.5) is 0 Å². The lowest BCUT2D eigenvalue weighted by atomic mass is 10.0. The second-order valence-electron chi connectivity index (χ2n) is 4.22. The summed E-state index contributed by atoms with van der Waals surface area (Å²) in [4.78, 5) is 0. The Morgan fingerprint density at radius 2 is 2.07 bits per heavy atom. The fraction of sp³-hybridized carbons (Fsp3) is 0.727. The first-order valence-corrected chi connectivity index (χ1v) is 5.32. The highest BCUT2D eigenvalue weighted by Gasteiger charge is 2.14. The van der Waals surface area contributed by atoms with E-state index in [-0.39, 0.29) is 12.6 Å². The molecule has 1 atom stereocenters. The molecule has 4 heteroatoms. The van der Waals surface area contributed by atoms with Crippen LogP contribution in [0.3, 0.4) is 0 Å². The Kier molecular flexibility index (Phi) is 4.29. The Labute approximate surface area is 90.7 Å². The van der Waals surface area contributed by atoms with Gasteiger partial charge in [-0.3, -0.25) is 0 Å². The van der Waals surface area contributed by atoms with Crippen LogP contribution in [0.25, 0.3) is 0 Å². The van der Waals surface area contributed by atoms with Crippen LogP contribution in [0.1, 0.15) is 30.9 Å². The van der Waals surface area contributed by atoms with Crippen molar-refractivity contribution in [1.29, 1.82) is 0 Å². The zero-order chi connectivity index (χ0) is 11.4. The molecule has 1 heterocycles. The summed E-state index contributed by atoms with van der Waals surface area (Å²) in [5.74, 6) is 1.26. The zero-order valence-corrected chi connectivity index (χ0v) is 9.87. The molecule has 0 amide bonds. The van der Waals surface area contributed by atoms with Gasteiger partial charge in [-0.1, -0.05) is 19.0 Å². The second kappa shape index (κ2) is 5.28. The molecule has 0 radical (unpaired) electrons. The summed E-state index contributed by atoms with van der Waals surface area (Å²) in [7, 11) is 0. The van der Waals surface area contributed by atoms with Crippen LogP contribution in [0.2, 0.25) is 0 Å². The van der Waals surface area contributed by atoms with Crippen molar-refractivity contribution in [3.05, 3.63) is 17.0 Å². The molecule has 2 N–H and O–H groups in total. The predicted octanol–water partition coefficient (Wildman–Crippen LogP) is 1.40. The van der Waals surface area contributed by atoms with Crippen molar-refractivity contribution >= 4 is 0 Å². The fourth-order valence-electron chi connectivity index (χ4n) is 1.50. The van der Waals surface area contributed by atoms with E-state index in [9.17, 15) is 0 Å². The fourth-order valence-corrected chi connectivity index (χ4v) is 1.50. The molecule has 1 aromatic heterocycles. The summed E-state index contributed by atoms with van der Waals surface area (Å²) in [5.41, 5.74) is 2.01. The van der Waals surface area contributed by atoms with Crippen LogP contribution in [-0.2, 0) is 6.54 Å². The maximum Gasteiger partial charge on any atom is 0.138 e. The smallest absolute Gasteiger partial charge is 0.138 e. The topological polar surface area (TPSA) is 58.3 Å². The molecule has 1 aromatic rings. The van der Waals surface area contributed by atoms with E-state index in [1.54, 1.807) is 0 Å². The van der Waals surface area contributed by atoms with E-state index in [1.165, 1.54) is 0 Å². The number of aromatic nitrogens is 1. The molecule has 1 rings (SSSR count). The highest BCUT2D eigenvalue weighted by Crippen LogP contribution is 2.12. The molecule has 0 fully saturated rings. The summed E-state index contributed by atoms with van der Waals surface area (Å²) in [5, 5.41) is 16.4. The molecule has 4 nitrogen and oxygen atoms in total. The average molecular weight is 212 g/mol. The average Bonchev–Trinajstić information content (AvgIpc) is 2.49. The third-order valence-electron chi connectivity index (χ3n) is 2.72. The van der Waals surface area contributed by atoms with E-state index in [1.807, 2.05) is 13.8 Å². The maximum atomic E-state index is 9.16. The Bertz CT molecular complexity index is 288. The molecular weight excluding hydrogens is 192 g/mol. The molecule has 0 bridgehead atoms. The molecule has 0 aromatic carbocycles. The van der Waals surface area contributed by atoms with Gasteiger partial charge >= 0.3 is 0 Å². The van der Waals surface area contributed by atoms with Crippen molar-refractivity contribution in [2.75, 3.05) is 6.61 Å². The first kappa shape index (κ1) is 12.2. The number of nitrogens with one attached hydrogen (secondary N) is 1. The van der Waals surface area contributed by atoms with Crippen LogP contribution in [-0.4, -0.2) is 22.9 Å². The summed E-state index contributed by atoms with van der Waals surface area (Å²) in [6, 6.07) is 0.124. The molecule has 86 valence electrons. The summed E-state index contributed by atoms with van der Waals surface area (Å²) < 4.78 is 5.07. The van der Waals surface area contributed by atoms with Gasteiger partial charge in [0.1, 0.15) is 5.76 Å². The van der Waals surface area contributed by atoms with E-state index < -0.39 is 0 Å². The maximum absolute atomic E-state index is 9.16. The highest BCUT2D eigenvalue weighted by atomic mass is 16.5. The van der Waals surface area contributed by atoms with Gasteiger partial charge in [-0.15, -0.1) is 0 Å². The van der Waals surface area contributed by atoms with Gasteiger partial charge in [-0.25, -0.2) is 0 Å². The first-order chi connectivity index (χ1) is 7.06. The number of hydrogen-bond donors (Lipinski definition) is 2. The Balaban J connectivity index is 2.56. The van der Waals surface area contributed by atoms with Crippen molar-refractivity contribution in [3.8, 4) is 0 Å². The number of hydrogen-bond acceptors (Lipinski definition) is 4. The predicted molar refractivity (Wildman–Crippen MR) is 58.5 cm³/mol. The van der Waals surface area contributed by atoms with E-state index in [0.29, 0.717) is 12.5 Å². The largest absolute Gasteiger partial charge is 0.395 e. The molecule has 0 spiro atoms. The quantitative estimate of drug-likeness (QED) is 0.774. The normalized spacial score (nSPS) is 13.5. The van der Waals surface area contributed by atoms with E-state index in [4.69, 9.17) is 9.63 Å². The van der Waals surface area contributed by atoms with Gasteiger partial charge in [0.25, 0.3) is 0 Å². The Morgan fingerprint density at radius 3 is 2.47 bits per heavy atom. The summed E-state index contributed by atoms with van der Waals surface area (Å²) >= 11 is 0. The third kappa shape index (κ3) is 3.04. The van der Waals surface area contributed by atoms with Crippen molar-refractivity contribution in [1.82, 2.24) is 10.5 Å². The van der Waals surface area contributed by atoms with E-state index in [2.05, 4.69) is 24.3 Å². The van der Waals surface area contributed by atoms with Gasteiger partial charge in [0.05, 0.1) is 12.3 Å². The van der Waals surface area contributed by atoms with Gasteiger partial charge in [-0.05, 0) is 19.8 Å². The lowest BCUT2D eigenvalue weighted by Crippen LogP contribution is -2.36. The van der Waals surface area contributed by atoms with Crippen LogP contribution >= 0.6 is 0 Å². The summed E-state index contributed by atoms with van der Waals surface area (Å²) in [6.45, 7) is 8.85. The van der Waals surface area contributed by atoms with Gasteiger partial charge in [-0.2, -0.15) is 0 Å². The van der Waals surface area contributed by atoms with Crippen LogP contribution in [0.5, 0.6) is 0 Å². The third-order valence-corrected chi connectivity index (χ3v) is 2.72. The number of rotatable bonds is 5. The minimum atomic E-state index is 0.124. The molecule has 0 aliphatic heterocycles. The Morgan fingerprint density at radius 1 is 1.40 bits per heavy atom. The number of nitrogens with zero attached hydrogens (tertiary/aromatic N) is 1. The molecule has 0 saturated heterocycles. The van der Waals surface area contributed by atoms with Crippen molar-refractivity contribution in [3.63, 3.8) is 0 Å². The molecule has 0 aliphatic rings. The van der Waals surface area contributed by atoms with Crippen LogP contribution in [0.15, 0.2) is 4.52 Å². The molecular formula is C11H20N2O2. The van der Waals surface area contributed by atoms with E-state index >= 15 is 0 Å².